The number of hydrogen-bond donors (Lipinski definition) is 1. The minimum absolute atomic E-state index is 0.127. The van der Waals surface area contributed by atoms with Crippen molar-refractivity contribution in [2.75, 3.05) is 4.90 Å². The molecular weight excluding hydrogens is 418 g/mol. The van der Waals surface area contributed by atoms with E-state index >= 15 is 0 Å². The van der Waals surface area contributed by atoms with E-state index in [4.69, 9.17) is 21.4 Å². The zero-order valence-electron chi connectivity index (χ0n) is 17.9. The number of aryl methyl sites for hydroxylation is 2. The number of ether oxygens (including phenoxy) is 1. The Morgan fingerprint density at radius 1 is 0.906 bits per heavy atom. The minimum Gasteiger partial charge on any atom is -0.464 e. The van der Waals surface area contributed by atoms with Crippen molar-refractivity contribution in [3.8, 4) is 11.5 Å². The van der Waals surface area contributed by atoms with Crippen LogP contribution in [0.1, 0.15) is 34.9 Å². The first-order chi connectivity index (χ1) is 15.6. The van der Waals surface area contributed by atoms with Crippen molar-refractivity contribution in [3.63, 3.8) is 0 Å². The smallest absolute Gasteiger partial charge is 0.174 e. The van der Waals surface area contributed by atoms with Gasteiger partial charge in [-0.25, -0.2) is 0 Å². The van der Waals surface area contributed by atoms with Gasteiger partial charge in [0.1, 0.15) is 29.1 Å². The molecular formula is C26H23N3O2S. The average molecular weight is 442 g/mol. The van der Waals surface area contributed by atoms with E-state index in [-0.39, 0.29) is 12.1 Å². The van der Waals surface area contributed by atoms with Crippen LogP contribution < -0.4 is 15.0 Å². The molecule has 4 aromatic rings. The number of pyridine rings is 1. The lowest BCUT2D eigenvalue weighted by molar-refractivity contribution is 0.418. The Hall–Kier alpha value is -3.64. The third-order valence-corrected chi connectivity index (χ3v) is 5.84. The van der Waals surface area contributed by atoms with Crippen LogP contribution in [0.25, 0.3) is 0 Å². The van der Waals surface area contributed by atoms with E-state index < -0.39 is 0 Å². The zero-order valence-corrected chi connectivity index (χ0v) is 18.7. The average Bonchev–Trinajstić information content (AvgIpc) is 3.39. The second kappa shape index (κ2) is 8.48. The SMILES string of the molecule is Cc1ccc(Oc2ccc(N3C(=S)N[C@@H](c4ccccn4)[C@H]3c3ccc(C)o3)cc2)cc1. The summed E-state index contributed by atoms with van der Waals surface area (Å²) in [5.74, 6) is 3.27. The number of thiocarbonyl (C=S) groups is 1. The largest absolute Gasteiger partial charge is 0.464 e. The van der Waals surface area contributed by atoms with Crippen LogP contribution in [0, 0.1) is 13.8 Å². The molecule has 2 aromatic heterocycles. The number of rotatable bonds is 5. The van der Waals surface area contributed by atoms with E-state index in [0.717, 1.165) is 34.4 Å². The van der Waals surface area contributed by atoms with Crippen molar-refractivity contribution in [1.82, 2.24) is 10.3 Å². The van der Waals surface area contributed by atoms with Crippen LogP contribution in [0.5, 0.6) is 11.5 Å². The van der Waals surface area contributed by atoms with Gasteiger partial charge in [0.05, 0.1) is 11.7 Å². The normalized spacial score (nSPS) is 17.9. The van der Waals surface area contributed by atoms with Crippen LogP contribution in [0.4, 0.5) is 5.69 Å². The molecule has 1 aliphatic heterocycles. The lowest BCUT2D eigenvalue weighted by Gasteiger charge is -2.26. The number of nitrogens with zero attached hydrogens (tertiary/aromatic N) is 2. The van der Waals surface area contributed by atoms with Crippen molar-refractivity contribution in [2.24, 2.45) is 0 Å². The molecule has 0 bridgehead atoms. The lowest BCUT2D eigenvalue weighted by Crippen LogP contribution is -2.29. The molecule has 0 radical (unpaired) electrons. The van der Waals surface area contributed by atoms with Gasteiger partial charge >= 0.3 is 0 Å². The van der Waals surface area contributed by atoms with E-state index in [1.807, 2.05) is 85.8 Å². The van der Waals surface area contributed by atoms with E-state index in [9.17, 15) is 0 Å². The summed E-state index contributed by atoms with van der Waals surface area (Å²) < 4.78 is 12.0. The van der Waals surface area contributed by atoms with Crippen LogP contribution in [-0.4, -0.2) is 10.1 Å². The fourth-order valence-electron chi connectivity index (χ4n) is 3.95. The monoisotopic (exact) mass is 441 g/mol. The van der Waals surface area contributed by atoms with Crippen LogP contribution in [0.15, 0.2) is 89.5 Å². The van der Waals surface area contributed by atoms with Crippen molar-refractivity contribution in [2.45, 2.75) is 25.9 Å². The summed E-state index contributed by atoms with van der Waals surface area (Å²) in [6.45, 7) is 4.00. The van der Waals surface area contributed by atoms with Gasteiger partial charge < -0.3 is 19.4 Å². The second-order valence-corrected chi connectivity index (χ2v) is 8.24. The Kier molecular flexibility index (Phi) is 5.37. The Morgan fingerprint density at radius 2 is 1.62 bits per heavy atom. The molecule has 0 unspecified atom stereocenters. The lowest BCUT2D eigenvalue weighted by atomic mass is 10.0. The van der Waals surface area contributed by atoms with Gasteiger partial charge in [0, 0.05) is 11.9 Å². The molecule has 0 aliphatic carbocycles. The van der Waals surface area contributed by atoms with Crippen LogP contribution in [0.3, 0.4) is 0 Å². The fourth-order valence-corrected chi connectivity index (χ4v) is 4.30. The van der Waals surface area contributed by atoms with E-state index in [2.05, 4.69) is 22.1 Å². The van der Waals surface area contributed by atoms with Gasteiger partial charge in [-0.2, -0.15) is 0 Å². The molecule has 1 fully saturated rings. The first-order valence-electron chi connectivity index (χ1n) is 10.5. The number of benzene rings is 2. The predicted molar refractivity (Wildman–Crippen MR) is 129 cm³/mol. The molecule has 160 valence electrons. The predicted octanol–water partition coefficient (Wildman–Crippen LogP) is 6.26. The number of furan rings is 1. The molecule has 0 amide bonds. The Balaban J connectivity index is 1.46. The summed E-state index contributed by atoms with van der Waals surface area (Å²) in [5, 5.41) is 4.07. The summed E-state index contributed by atoms with van der Waals surface area (Å²) in [4.78, 5) is 6.65. The van der Waals surface area contributed by atoms with E-state index in [1.54, 1.807) is 6.20 Å². The molecule has 0 saturated carbocycles. The van der Waals surface area contributed by atoms with Gasteiger partial charge in [0.25, 0.3) is 0 Å². The highest BCUT2D eigenvalue weighted by Gasteiger charge is 2.42. The molecule has 2 atom stereocenters. The van der Waals surface area contributed by atoms with Crippen molar-refractivity contribution in [3.05, 3.63) is 108 Å². The summed E-state index contributed by atoms with van der Waals surface area (Å²) in [6.07, 6.45) is 1.80. The minimum atomic E-state index is -0.157. The first-order valence-corrected chi connectivity index (χ1v) is 10.9. The standard InChI is InChI=1S/C26H23N3O2S/c1-17-6-11-20(12-7-17)31-21-13-9-19(10-14-21)29-25(23-15-8-18(2)30-23)24(28-26(29)32)22-5-3-4-16-27-22/h3-16,24-25H,1-2H3,(H,28,32)/t24-,25+/m0/s1. The first kappa shape index (κ1) is 20.3. The maximum atomic E-state index is 6.04. The molecule has 2 aromatic carbocycles. The van der Waals surface area contributed by atoms with Gasteiger partial charge in [-0.1, -0.05) is 23.8 Å². The Labute approximate surface area is 192 Å². The molecule has 32 heavy (non-hydrogen) atoms. The highest BCUT2D eigenvalue weighted by Crippen LogP contribution is 2.42. The summed E-state index contributed by atoms with van der Waals surface area (Å²) in [7, 11) is 0. The molecule has 1 saturated heterocycles. The van der Waals surface area contributed by atoms with Gasteiger partial charge in [0.15, 0.2) is 5.11 Å². The molecule has 1 N–H and O–H groups in total. The van der Waals surface area contributed by atoms with Crippen molar-refractivity contribution in [1.29, 1.82) is 0 Å². The highest BCUT2D eigenvalue weighted by atomic mass is 32.1. The van der Waals surface area contributed by atoms with Crippen LogP contribution >= 0.6 is 12.2 Å². The third-order valence-electron chi connectivity index (χ3n) is 5.52. The maximum Gasteiger partial charge on any atom is 0.174 e. The van der Waals surface area contributed by atoms with Gasteiger partial charge in [-0.15, -0.1) is 0 Å². The van der Waals surface area contributed by atoms with Gasteiger partial charge in [-0.05, 0) is 86.7 Å². The Morgan fingerprint density at radius 3 is 2.25 bits per heavy atom. The highest BCUT2D eigenvalue weighted by molar-refractivity contribution is 7.80. The van der Waals surface area contributed by atoms with Crippen LogP contribution in [0.2, 0.25) is 0 Å². The number of aromatic nitrogens is 1. The van der Waals surface area contributed by atoms with Crippen LogP contribution in [-0.2, 0) is 0 Å². The quantitative estimate of drug-likeness (QED) is 0.369. The number of hydrogen-bond acceptors (Lipinski definition) is 4. The molecule has 6 heteroatoms. The molecule has 3 heterocycles. The van der Waals surface area contributed by atoms with Gasteiger partial charge in [0.2, 0.25) is 0 Å². The molecule has 5 nitrogen and oxygen atoms in total. The molecule has 0 spiro atoms. The fraction of sp³-hybridized carbons (Fsp3) is 0.154. The topological polar surface area (TPSA) is 50.5 Å². The summed E-state index contributed by atoms with van der Waals surface area (Å²) in [5.41, 5.74) is 3.07. The maximum absolute atomic E-state index is 6.04. The van der Waals surface area contributed by atoms with E-state index in [1.165, 1.54) is 5.56 Å². The Bertz CT molecular complexity index is 1220. The summed E-state index contributed by atoms with van der Waals surface area (Å²) in [6, 6.07) is 25.5. The zero-order chi connectivity index (χ0) is 22.1. The summed E-state index contributed by atoms with van der Waals surface area (Å²) >= 11 is 5.75. The molecule has 5 rings (SSSR count). The number of nitrogens with one attached hydrogen (secondary N) is 1. The molecule has 1 aliphatic rings. The van der Waals surface area contributed by atoms with Gasteiger partial charge in [-0.3, -0.25) is 4.98 Å². The number of anilines is 1. The van der Waals surface area contributed by atoms with E-state index in [0.29, 0.717) is 5.11 Å². The van der Waals surface area contributed by atoms with Crippen molar-refractivity contribution >= 4 is 23.0 Å². The third kappa shape index (κ3) is 3.97. The second-order valence-electron chi connectivity index (χ2n) is 7.85. The van der Waals surface area contributed by atoms with Crippen molar-refractivity contribution < 1.29 is 9.15 Å².